The highest BCUT2D eigenvalue weighted by Crippen LogP contribution is 2.48. The van der Waals surface area contributed by atoms with Gasteiger partial charge in [-0.2, -0.15) is 0 Å². The fraction of sp³-hybridized carbons (Fsp3) is 0. The van der Waals surface area contributed by atoms with Crippen LogP contribution in [0, 0.1) is 0 Å². The molecule has 0 unspecified atom stereocenters. The summed E-state index contributed by atoms with van der Waals surface area (Å²) >= 11 is 1.88. The second-order valence-corrected chi connectivity index (χ2v) is 14.0. The maximum atomic E-state index is 2.50. The van der Waals surface area contributed by atoms with Gasteiger partial charge in [0.2, 0.25) is 0 Å². The van der Waals surface area contributed by atoms with E-state index in [1.165, 1.54) is 86.1 Å². The number of thiophene rings is 1. The minimum Gasteiger partial charge on any atom is -0.308 e. The van der Waals surface area contributed by atoms with E-state index in [0.717, 1.165) is 5.69 Å². The van der Waals surface area contributed by atoms with Crippen LogP contribution in [-0.2, 0) is 0 Å². The molecule has 0 atom stereocenters. The van der Waals surface area contributed by atoms with E-state index in [0.29, 0.717) is 0 Å². The summed E-state index contributed by atoms with van der Waals surface area (Å²) in [5.41, 5.74) is 8.39. The summed E-state index contributed by atoms with van der Waals surface area (Å²) in [7, 11) is 0. The first-order valence-electron chi connectivity index (χ1n) is 17.1. The zero-order valence-corrected chi connectivity index (χ0v) is 28.1. The third kappa shape index (κ3) is 4.69. The molecule has 0 aliphatic rings. The van der Waals surface area contributed by atoms with Crippen LogP contribution in [0.25, 0.3) is 74.7 Å². The van der Waals surface area contributed by atoms with Crippen molar-refractivity contribution in [3.8, 4) is 22.3 Å². The maximum Gasteiger partial charge on any atom is 0.0640 e. The van der Waals surface area contributed by atoms with Crippen LogP contribution < -0.4 is 4.90 Å². The Kier molecular flexibility index (Phi) is 6.75. The molecular weight excluding hydrogens is 623 g/mol. The van der Waals surface area contributed by atoms with E-state index < -0.39 is 0 Å². The van der Waals surface area contributed by atoms with Crippen molar-refractivity contribution in [2.24, 2.45) is 0 Å². The quantitative estimate of drug-likeness (QED) is 0.167. The van der Waals surface area contributed by atoms with Crippen LogP contribution in [-0.4, -0.2) is 0 Å². The van der Waals surface area contributed by atoms with E-state index in [-0.39, 0.29) is 0 Å². The summed E-state index contributed by atoms with van der Waals surface area (Å²) in [4.78, 5) is 2.50. The van der Waals surface area contributed by atoms with E-state index in [9.17, 15) is 0 Å². The molecule has 0 fully saturated rings. The van der Waals surface area contributed by atoms with Gasteiger partial charge in [0.1, 0.15) is 0 Å². The van der Waals surface area contributed by atoms with Crippen LogP contribution in [0.2, 0.25) is 0 Å². The molecule has 0 aliphatic heterocycles. The fourth-order valence-corrected chi connectivity index (χ4v) is 8.87. The number of rotatable bonds is 5. The Labute approximate surface area is 294 Å². The maximum absolute atomic E-state index is 2.50. The van der Waals surface area contributed by atoms with Gasteiger partial charge in [0, 0.05) is 26.5 Å². The molecular formula is C48H31NS. The van der Waals surface area contributed by atoms with Crippen molar-refractivity contribution in [2.45, 2.75) is 0 Å². The molecule has 0 saturated heterocycles. The van der Waals surface area contributed by atoms with Crippen molar-refractivity contribution in [1.29, 1.82) is 0 Å². The van der Waals surface area contributed by atoms with Gasteiger partial charge in [-0.15, -0.1) is 11.3 Å². The number of fused-ring (bicyclic) bond motifs is 7. The largest absolute Gasteiger partial charge is 0.308 e. The Morgan fingerprint density at radius 2 is 1.00 bits per heavy atom. The molecule has 10 rings (SSSR count). The predicted octanol–water partition coefficient (Wildman–Crippen LogP) is 14.3. The van der Waals surface area contributed by atoms with Crippen LogP contribution in [0.3, 0.4) is 0 Å². The van der Waals surface area contributed by atoms with Gasteiger partial charge in [-0.3, -0.25) is 0 Å². The number of nitrogens with zero attached hydrogens (tertiary/aromatic N) is 1. The average molecular weight is 654 g/mol. The Morgan fingerprint density at radius 1 is 0.340 bits per heavy atom. The molecule has 0 radical (unpaired) electrons. The molecule has 9 aromatic carbocycles. The first-order chi connectivity index (χ1) is 24.8. The summed E-state index contributed by atoms with van der Waals surface area (Å²) < 4.78 is 2.57. The first kappa shape index (κ1) is 28.8. The van der Waals surface area contributed by atoms with Crippen LogP contribution >= 0.6 is 11.3 Å². The number of hydrogen-bond acceptors (Lipinski definition) is 2. The lowest BCUT2D eigenvalue weighted by Gasteiger charge is -2.28. The molecule has 1 heterocycles. The summed E-state index contributed by atoms with van der Waals surface area (Å²) in [6, 6.07) is 68.8. The minimum absolute atomic E-state index is 1.13. The SMILES string of the molecule is c1ccc(-c2ccc3sc4c(N(c5cccc(-c6cccc7ccccc67)c5)c5cc6ccccc6c6ccccc56)cccc4c3c2)cc1. The minimum atomic E-state index is 1.13. The lowest BCUT2D eigenvalue weighted by atomic mass is 9.96. The molecule has 0 saturated carbocycles. The van der Waals surface area contributed by atoms with Crippen molar-refractivity contribution in [3.63, 3.8) is 0 Å². The predicted molar refractivity (Wildman–Crippen MR) is 217 cm³/mol. The van der Waals surface area contributed by atoms with E-state index >= 15 is 0 Å². The molecule has 50 heavy (non-hydrogen) atoms. The monoisotopic (exact) mass is 653 g/mol. The van der Waals surface area contributed by atoms with Crippen molar-refractivity contribution in [1.82, 2.24) is 0 Å². The van der Waals surface area contributed by atoms with E-state index in [1.807, 2.05) is 11.3 Å². The van der Waals surface area contributed by atoms with E-state index in [1.54, 1.807) is 0 Å². The van der Waals surface area contributed by atoms with Gasteiger partial charge in [-0.1, -0.05) is 152 Å². The van der Waals surface area contributed by atoms with Crippen molar-refractivity contribution >= 4 is 80.9 Å². The zero-order valence-electron chi connectivity index (χ0n) is 27.3. The smallest absolute Gasteiger partial charge is 0.0640 e. The molecule has 0 N–H and O–H groups in total. The molecule has 0 aliphatic carbocycles. The van der Waals surface area contributed by atoms with E-state index in [4.69, 9.17) is 0 Å². The molecule has 1 nitrogen and oxygen atoms in total. The molecule has 10 aromatic rings. The summed E-state index contributed by atoms with van der Waals surface area (Å²) in [5, 5.41) is 10.1. The molecule has 1 aromatic heterocycles. The van der Waals surface area contributed by atoms with Gasteiger partial charge in [0.25, 0.3) is 0 Å². The van der Waals surface area contributed by atoms with Crippen LogP contribution in [0.5, 0.6) is 0 Å². The lowest BCUT2D eigenvalue weighted by Crippen LogP contribution is -2.11. The first-order valence-corrected chi connectivity index (χ1v) is 17.9. The summed E-state index contributed by atoms with van der Waals surface area (Å²) in [5.74, 6) is 0. The summed E-state index contributed by atoms with van der Waals surface area (Å²) in [6.45, 7) is 0. The average Bonchev–Trinajstić information content (AvgIpc) is 3.57. The Balaban J connectivity index is 1.26. The Morgan fingerprint density at radius 3 is 1.88 bits per heavy atom. The summed E-state index contributed by atoms with van der Waals surface area (Å²) in [6.07, 6.45) is 0. The second kappa shape index (κ2) is 11.7. The Hall–Kier alpha value is -6.22. The Bertz CT molecular complexity index is 2880. The number of hydrogen-bond donors (Lipinski definition) is 0. The van der Waals surface area contributed by atoms with Crippen molar-refractivity contribution in [3.05, 3.63) is 188 Å². The molecule has 234 valence electrons. The van der Waals surface area contributed by atoms with Gasteiger partial charge in [0.05, 0.1) is 16.1 Å². The van der Waals surface area contributed by atoms with Gasteiger partial charge in [0.15, 0.2) is 0 Å². The van der Waals surface area contributed by atoms with Gasteiger partial charge in [-0.25, -0.2) is 0 Å². The zero-order chi connectivity index (χ0) is 33.0. The highest BCUT2D eigenvalue weighted by molar-refractivity contribution is 7.26. The highest BCUT2D eigenvalue weighted by atomic mass is 32.1. The second-order valence-electron chi connectivity index (χ2n) is 12.9. The van der Waals surface area contributed by atoms with E-state index in [2.05, 4.69) is 193 Å². The van der Waals surface area contributed by atoms with Gasteiger partial charge in [-0.05, 0) is 85.6 Å². The van der Waals surface area contributed by atoms with Crippen LogP contribution in [0.4, 0.5) is 17.1 Å². The molecule has 0 bridgehead atoms. The van der Waals surface area contributed by atoms with Crippen molar-refractivity contribution < 1.29 is 0 Å². The molecule has 2 heteroatoms. The molecule has 0 amide bonds. The van der Waals surface area contributed by atoms with Gasteiger partial charge < -0.3 is 4.90 Å². The van der Waals surface area contributed by atoms with Crippen molar-refractivity contribution in [2.75, 3.05) is 4.90 Å². The van der Waals surface area contributed by atoms with Crippen LogP contribution in [0.15, 0.2) is 188 Å². The van der Waals surface area contributed by atoms with Gasteiger partial charge >= 0.3 is 0 Å². The normalized spacial score (nSPS) is 11.6. The van der Waals surface area contributed by atoms with Crippen LogP contribution in [0.1, 0.15) is 0 Å². The lowest BCUT2D eigenvalue weighted by molar-refractivity contribution is 1.32. The standard InChI is InChI=1S/C48H31NS/c1-2-13-32(14-3-1)34-27-28-47-44(30-34)43-25-12-26-45(48(43)50-47)49(46-31-36-16-5-7-21-40(36)41-22-8-9-23-42(41)46)37-19-10-18-35(29-37)39-24-11-17-33-15-4-6-20-38(33)39/h1-31H. The third-order valence-electron chi connectivity index (χ3n) is 10.0. The fourth-order valence-electron chi connectivity index (χ4n) is 7.69. The third-order valence-corrected chi connectivity index (χ3v) is 11.2. The number of anilines is 3. The topological polar surface area (TPSA) is 3.24 Å². The molecule has 0 spiro atoms. The highest BCUT2D eigenvalue weighted by Gasteiger charge is 2.22. The number of benzene rings is 9.